The van der Waals surface area contributed by atoms with E-state index in [0.717, 1.165) is 6.42 Å². The normalized spacial score (nSPS) is 15.8. The topological polar surface area (TPSA) is 17.1 Å². The van der Waals surface area contributed by atoms with Gasteiger partial charge in [-0.15, -0.1) is 11.8 Å². The summed E-state index contributed by atoms with van der Waals surface area (Å²) in [5.74, 6) is 1.18. The number of hydrogen-bond donors (Lipinski definition) is 0. The molecule has 0 amide bonds. The molecular formula is C11H11ClOS. The SMILES string of the molecule is O=C(Cl)c1ccc2c(c1)CCCCS2. The van der Waals surface area contributed by atoms with Crippen molar-refractivity contribution < 1.29 is 4.79 Å². The number of aryl methyl sites for hydroxylation is 1. The van der Waals surface area contributed by atoms with Gasteiger partial charge in [-0.1, -0.05) is 0 Å². The van der Waals surface area contributed by atoms with Crippen LogP contribution in [0.15, 0.2) is 23.1 Å². The van der Waals surface area contributed by atoms with Crippen molar-refractivity contribution in [3.05, 3.63) is 29.3 Å². The van der Waals surface area contributed by atoms with Crippen LogP contribution < -0.4 is 0 Å². The Morgan fingerprint density at radius 1 is 1.36 bits per heavy atom. The molecule has 3 heteroatoms. The lowest BCUT2D eigenvalue weighted by Gasteiger charge is -2.05. The Labute approximate surface area is 92.8 Å². The Bertz CT molecular complexity index is 362. The summed E-state index contributed by atoms with van der Waals surface area (Å²) in [6.45, 7) is 0. The Morgan fingerprint density at radius 2 is 2.21 bits per heavy atom. The third-order valence-electron chi connectivity index (χ3n) is 2.39. The molecule has 0 saturated carbocycles. The maximum atomic E-state index is 11.0. The summed E-state index contributed by atoms with van der Waals surface area (Å²) in [6, 6.07) is 5.76. The first-order chi connectivity index (χ1) is 6.77. The van der Waals surface area contributed by atoms with Crippen LogP contribution in [0.5, 0.6) is 0 Å². The molecule has 1 aliphatic rings. The van der Waals surface area contributed by atoms with Crippen molar-refractivity contribution in [3.8, 4) is 0 Å². The fourth-order valence-electron chi connectivity index (χ4n) is 1.64. The van der Waals surface area contributed by atoms with E-state index >= 15 is 0 Å². The van der Waals surface area contributed by atoms with E-state index in [1.807, 2.05) is 30.0 Å². The molecular weight excluding hydrogens is 216 g/mol. The largest absolute Gasteiger partial charge is 0.276 e. The zero-order valence-electron chi connectivity index (χ0n) is 7.75. The maximum Gasteiger partial charge on any atom is 0.252 e. The second-order valence-electron chi connectivity index (χ2n) is 3.40. The van der Waals surface area contributed by atoms with Gasteiger partial charge in [-0.2, -0.15) is 0 Å². The van der Waals surface area contributed by atoms with Crippen LogP contribution >= 0.6 is 23.4 Å². The summed E-state index contributed by atoms with van der Waals surface area (Å²) in [5, 5.41) is -0.359. The van der Waals surface area contributed by atoms with Crippen molar-refractivity contribution in [2.24, 2.45) is 0 Å². The molecule has 1 aromatic rings. The van der Waals surface area contributed by atoms with Gasteiger partial charge in [0.05, 0.1) is 0 Å². The van der Waals surface area contributed by atoms with Crippen molar-refractivity contribution in [2.75, 3.05) is 5.75 Å². The van der Waals surface area contributed by atoms with Crippen LogP contribution in [0.1, 0.15) is 28.8 Å². The molecule has 1 nitrogen and oxygen atoms in total. The van der Waals surface area contributed by atoms with Gasteiger partial charge in [-0.25, -0.2) is 0 Å². The first-order valence-corrected chi connectivity index (χ1v) is 6.09. The maximum absolute atomic E-state index is 11.0. The lowest BCUT2D eigenvalue weighted by molar-refractivity contribution is 0.108. The number of halogens is 1. The molecule has 74 valence electrons. The highest BCUT2D eigenvalue weighted by Gasteiger charge is 2.10. The van der Waals surface area contributed by atoms with E-state index < -0.39 is 0 Å². The minimum Gasteiger partial charge on any atom is -0.276 e. The molecule has 14 heavy (non-hydrogen) atoms. The number of hydrogen-bond acceptors (Lipinski definition) is 2. The van der Waals surface area contributed by atoms with Crippen molar-refractivity contribution in [3.63, 3.8) is 0 Å². The van der Waals surface area contributed by atoms with E-state index in [1.165, 1.54) is 29.1 Å². The predicted octanol–water partition coefficient (Wildman–Crippen LogP) is 3.49. The van der Waals surface area contributed by atoms with Crippen LogP contribution in [0.3, 0.4) is 0 Å². The summed E-state index contributed by atoms with van der Waals surface area (Å²) >= 11 is 7.32. The van der Waals surface area contributed by atoms with E-state index in [9.17, 15) is 4.79 Å². The second-order valence-corrected chi connectivity index (χ2v) is 4.88. The zero-order valence-corrected chi connectivity index (χ0v) is 9.33. The molecule has 1 heterocycles. The van der Waals surface area contributed by atoms with Gasteiger partial charge in [0.15, 0.2) is 0 Å². The van der Waals surface area contributed by atoms with Crippen LogP contribution in [0.2, 0.25) is 0 Å². The highest BCUT2D eigenvalue weighted by atomic mass is 35.5. The Balaban J connectivity index is 2.37. The molecule has 0 bridgehead atoms. The smallest absolute Gasteiger partial charge is 0.252 e. The number of rotatable bonds is 1. The minimum absolute atomic E-state index is 0.359. The van der Waals surface area contributed by atoms with Crippen molar-refractivity contribution in [1.82, 2.24) is 0 Å². The Hall–Kier alpha value is -0.470. The first-order valence-electron chi connectivity index (χ1n) is 4.73. The van der Waals surface area contributed by atoms with Gasteiger partial charge in [-0.3, -0.25) is 4.79 Å². The van der Waals surface area contributed by atoms with Crippen LogP contribution in [-0.2, 0) is 6.42 Å². The number of thioether (sulfide) groups is 1. The zero-order chi connectivity index (χ0) is 9.97. The van der Waals surface area contributed by atoms with Gasteiger partial charge < -0.3 is 0 Å². The second kappa shape index (κ2) is 4.37. The lowest BCUT2D eigenvalue weighted by Crippen LogP contribution is -1.93. The third-order valence-corrected chi connectivity index (χ3v) is 3.81. The fraction of sp³-hybridized carbons (Fsp3) is 0.364. The lowest BCUT2D eigenvalue weighted by atomic mass is 10.1. The van der Waals surface area contributed by atoms with Crippen LogP contribution in [0, 0.1) is 0 Å². The van der Waals surface area contributed by atoms with E-state index in [0.29, 0.717) is 5.56 Å². The monoisotopic (exact) mass is 226 g/mol. The molecule has 1 aromatic carbocycles. The van der Waals surface area contributed by atoms with E-state index in [4.69, 9.17) is 11.6 Å². The van der Waals surface area contributed by atoms with Gasteiger partial charge in [0.2, 0.25) is 0 Å². The van der Waals surface area contributed by atoms with Gasteiger partial charge in [-0.05, 0) is 60.4 Å². The van der Waals surface area contributed by atoms with Crippen molar-refractivity contribution >= 4 is 28.6 Å². The first kappa shape index (κ1) is 10.1. The molecule has 0 atom stereocenters. The van der Waals surface area contributed by atoms with Gasteiger partial charge in [0.1, 0.15) is 0 Å². The summed E-state index contributed by atoms with van der Waals surface area (Å²) in [4.78, 5) is 12.3. The molecule has 0 spiro atoms. The molecule has 1 aliphatic heterocycles. The number of carbonyl (C=O) groups is 1. The average molecular weight is 227 g/mol. The Kier molecular flexibility index (Phi) is 3.14. The standard InChI is InChI=1S/C11H11ClOS/c12-11(13)9-4-5-10-8(7-9)3-1-2-6-14-10/h4-5,7H,1-3,6H2. The highest BCUT2D eigenvalue weighted by molar-refractivity contribution is 7.99. The highest BCUT2D eigenvalue weighted by Crippen LogP contribution is 2.29. The number of fused-ring (bicyclic) bond motifs is 1. The molecule has 0 radical (unpaired) electrons. The van der Waals surface area contributed by atoms with Crippen molar-refractivity contribution in [1.29, 1.82) is 0 Å². The number of benzene rings is 1. The molecule has 0 aromatic heterocycles. The summed E-state index contributed by atoms with van der Waals surface area (Å²) < 4.78 is 0. The minimum atomic E-state index is -0.359. The molecule has 0 aliphatic carbocycles. The molecule has 0 saturated heterocycles. The van der Waals surface area contributed by atoms with Crippen LogP contribution in [0.4, 0.5) is 0 Å². The van der Waals surface area contributed by atoms with E-state index in [2.05, 4.69) is 0 Å². The summed E-state index contributed by atoms with van der Waals surface area (Å²) in [5.41, 5.74) is 1.90. The van der Waals surface area contributed by atoms with E-state index in [1.54, 1.807) is 0 Å². The summed E-state index contributed by atoms with van der Waals surface area (Å²) in [7, 11) is 0. The molecule has 0 unspecified atom stereocenters. The quantitative estimate of drug-likeness (QED) is 0.682. The van der Waals surface area contributed by atoms with Crippen molar-refractivity contribution in [2.45, 2.75) is 24.2 Å². The Morgan fingerprint density at radius 3 is 3.00 bits per heavy atom. The van der Waals surface area contributed by atoms with Crippen LogP contribution in [-0.4, -0.2) is 11.0 Å². The van der Waals surface area contributed by atoms with Crippen LogP contribution in [0.25, 0.3) is 0 Å². The van der Waals surface area contributed by atoms with E-state index in [-0.39, 0.29) is 5.24 Å². The molecule has 2 rings (SSSR count). The molecule has 0 fully saturated rings. The predicted molar refractivity (Wildman–Crippen MR) is 60.3 cm³/mol. The van der Waals surface area contributed by atoms with Gasteiger partial charge >= 0.3 is 0 Å². The summed E-state index contributed by atoms with van der Waals surface area (Å²) in [6.07, 6.45) is 3.53. The fourth-order valence-corrected chi connectivity index (χ4v) is 2.83. The van der Waals surface area contributed by atoms with Gasteiger partial charge in [0.25, 0.3) is 5.24 Å². The average Bonchev–Trinajstić information content (AvgIpc) is 2.41. The molecule has 0 N–H and O–H groups in total. The third kappa shape index (κ3) is 2.12. The van der Waals surface area contributed by atoms with Gasteiger partial charge in [0, 0.05) is 10.5 Å². The number of carbonyl (C=O) groups excluding carboxylic acids is 1.